The van der Waals surface area contributed by atoms with Crippen molar-refractivity contribution in [2.75, 3.05) is 0 Å². The van der Waals surface area contributed by atoms with E-state index in [4.69, 9.17) is 16.5 Å². The average molecular weight is 279 g/mol. The van der Waals surface area contributed by atoms with Gasteiger partial charge in [0.05, 0.1) is 0 Å². The molecule has 0 nitrogen and oxygen atoms in total. The Hall–Kier alpha value is 2.11. The van der Waals surface area contributed by atoms with Gasteiger partial charge < -0.3 is 1.43 Å². The summed E-state index contributed by atoms with van der Waals surface area (Å²) in [4.78, 5) is 0. The van der Waals surface area contributed by atoms with E-state index in [9.17, 15) is 0 Å². The van der Waals surface area contributed by atoms with Gasteiger partial charge in [-0.25, -0.2) is 0 Å². The molecule has 0 amide bonds. The van der Waals surface area contributed by atoms with Crippen LogP contribution in [0.3, 0.4) is 0 Å². The molecule has 0 saturated carbocycles. The molecule has 0 heterocycles. The molecule has 0 spiro atoms. The first kappa shape index (κ1) is 9.45. The molecule has 0 bridgehead atoms. The van der Waals surface area contributed by atoms with E-state index in [1.807, 2.05) is 0 Å². The Morgan fingerprint density at radius 2 is 1.50 bits per heavy atom. The van der Waals surface area contributed by atoms with Gasteiger partial charge in [-0.3, -0.25) is 0 Å². The molecule has 4 heavy (non-hydrogen) atoms. The van der Waals surface area contributed by atoms with Crippen LogP contribution in [-0.2, 0) is 22.1 Å². The molecular weight excluding hydrogens is 278 g/mol. The van der Waals surface area contributed by atoms with E-state index >= 15 is 0 Å². The maximum absolute atomic E-state index is 4.99. The van der Waals surface area contributed by atoms with Crippen molar-refractivity contribution in [3.8, 4) is 0 Å². The van der Waals surface area contributed by atoms with Crippen LogP contribution >= 0.6 is 16.5 Å². The number of hydrogen-bond acceptors (Lipinski definition) is 0. The van der Waals surface area contributed by atoms with E-state index in [-0.39, 0.29) is 20.3 Å². The minimum absolute atomic E-state index is 0. The van der Waals surface area contributed by atoms with Crippen LogP contribution in [0.2, 0.25) is 0 Å². The number of rotatable bonds is 0. The Bertz CT molecular complexity index is 9.61. The van der Waals surface area contributed by atoms with Crippen molar-refractivity contribution >= 4 is 16.5 Å². The summed E-state index contributed by atoms with van der Waals surface area (Å²) in [7, 11) is 9.97. The summed E-state index contributed by atoms with van der Waals surface area (Å²) in [5, 5.41) is 0. The fourth-order valence-electron chi connectivity index (χ4n) is 0. The molecule has 0 unspecified atom stereocenters. The standard InChI is InChI=1S/2ClH.Hg.Li.H/h2*1H;;;/q;;+2;+1;-1/p-2. The monoisotopic (exact) mass is 280 g/mol. The van der Waals surface area contributed by atoms with Crippen LogP contribution in [0.15, 0.2) is 0 Å². The normalized spacial score (nSPS) is 2.50. The van der Waals surface area contributed by atoms with Gasteiger partial charge in [0.1, 0.15) is 0 Å². The van der Waals surface area contributed by atoms with Gasteiger partial charge in [-0.2, -0.15) is 0 Å². The van der Waals surface area contributed by atoms with Crippen LogP contribution in [0.4, 0.5) is 0 Å². The molecule has 0 N–H and O–H groups in total. The van der Waals surface area contributed by atoms with E-state index in [0.29, 0.717) is 0 Å². The third-order valence-corrected chi connectivity index (χ3v) is 0. The van der Waals surface area contributed by atoms with Crippen molar-refractivity contribution in [3.05, 3.63) is 0 Å². The second-order valence-electron chi connectivity index (χ2n) is 0.101. The zero-order valence-electron chi connectivity index (χ0n) is 3.46. The van der Waals surface area contributed by atoms with Crippen LogP contribution in [0.5, 0.6) is 0 Å². The second kappa shape index (κ2) is 8.93. The molecule has 0 aromatic rings. The predicted octanol–water partition coefficient (Wildman–Crippen LogP) is -1.51. The minimum atomic E-state index is -1.14. The van der Waals surface area contributed by atoms with Crippen LogP contribution in [0, 0.1) is 0 Å². The fraction of sp³-hybridized carbons (Fsp3) is 0. The molecule has 0 radical (unpaired) electrons. The van der Waals surface area contributed by atoms with Crippen LogP contribution < -0.4 is 18.9 Å². The minimum Gasteiger partial charge on any atom is -1.00 e. The molecule has 4 heteroatoms. The van der Waals surface area contributed by atoms with Gasteiger partial charge in [0.15, 0.2) is 0 Å². The Kier molecular flexibility index (Phi) is 21.1. The summed E-state index contributed by atoms with van der Waals surface area (Å²) in [5.41, 5.74) is 0. The molecule has 18 valence electrons. The maximum Gasteiger partial charge on any atom is 1.00 e. The summed E-state index contributed by atoms with van der Waals surface area (Å²) in [6.45, 7) is 0. The molecular formula is HCl2HgLi. The molecule has 0 aromatic heterocycles. The van der Waals surface area contributed by atoms with Gasteiger partial charge in [0.2, 0.25) is 0 Å². The van der Waals surface area contributed by atoms with Gasteiger partial charge in [0.25, 0.3) is 0 Å². The van der Waals surface area contributed by atoms with Crippen molar-refractivity contribution in [1.29, 1.82) is 0 Å². The average Bonchev–Trinajstić information content (AvgIpc) is 0.918. The van der Waals surface area contributed by atoms with E-state index < -0.39 is 22.1 Å². The maximum atomic E-state index is 4.99. The second-order valence-corrected chi connectivity index (χ2v) is 7.98. The molecule has 0 atom stereocenters. The summed E-state index contributed by atoms with van der Waals surface area (Å²) >= 11 is -1.14. The van der Waals surface area contributed by atoms with Gasteiger partial charge in [-0.15, -0.1) is 0 Å². The number of hydrogen-bond donors (Lipinski definition) is 0. The Morgan fingerprint density at radius 1 is 1.50 bits per heavy atom. The van der Waals surface area contributed by atoms with Crippen molar-refractivity contribution in [1.82, 2.24) is 0 Å². The summed E-state index contributed by atoms with van der Waals surface area (Å²) in [5.74, 6) is 0. The van der Waals surface area contributed by atoms with E-state index in [1.165, 1.54) is 0 Å². The van der Waals surface area contributed by atoms with Crippen LogP contribution in [-0.4, -0.2) is 0 Å². The van der Waals surface area contributed by atoms with Gasteiger partial charge in [0, 0.05) is 0 Å². The summed E-state index contributed by atoms with van der Waals surface area (Å²) in [6, 6.07) is 0. The fourth-order valence-corrected chi connectivity index (χ4v) is 0. The first-order chi connectivity index (χ1) is 1.41. The van der Waals surface area contributed by atoms with E-state index in [1.54, 1.807) is 0 Å². The van der Waals surface area contributed by atoms with Crippen molar-refractivity contribution in [2.45, 2.75) is 0 Å². The predicted molar refractivity (Wildman–Crippen MR) is 12.8 cm³/mol. The van der Waals surface area contributed by atoms with Crippen molar-refractivity contribution < 1.29 is 42.4 Å². The Balaban J connectivity index is -0.0000000200. The van der Waals surface area contributed by atoms with E-state index in [0.717, 1.165) is 0 Å². The molecule has 0 aliphatic heterocycles. The van der Waals surface area contributed by atoms with Gasteiger partial charge in [-0.1, -0.05) is 0 Å². The third-order valence-electron chi connectivity index (χ3n) is 0. The largest absolute Gasteiger partial charge is 1.00 e. The van der Waals surface area contributed by atoms with Crippen molar-refractivity contribution in [3.63, 3.8) is 0 Å². The Labute approximate surface area is 58.2 Å². The quantitative estimate of drug-likeness (QED) is 0.473. The van der Waals surface area contributed by atoms with Gasteiger partial charge in [-0.05, 0) is 0 Å². The zero-order chi connectivity index (χ0) is 2.71. The molecule has 0 fully saturated rings. The summed E-state index contributed by atoms with van der Waals surface area (Å²) < 4.78 is 0. The molecule has 0 rings (SSSR count). The first-order valence-electron chi connectivity index (χ1n) is 0.535. The smallest absolute Gasteiger partial charge is 1.00 e. The third kappa shape index (κ3) is 8.93. The topological polar surface area (TPSA) is 0 Å². The Morgan fingerprint density at radius 3 is 1.50 bits per heavy atom. The van der Waals surface area contributed by atoms with Gasteiger partial charge >= 0.3 is 57.5 Å². The molecule has 0 saturated heterocycles. The molecule has 0 aliphatic rings. The zero-order valence-corrected chi connectivity index (χ0v) is 9.47. The SMILES string of the molecule is [Cl][Hg][Cl].[H-].[Li+]. The molecule has 0 aliphatic carbocycles. The summed E-state index contributed by atoms with van der Waals surface area (Å²) in [6.07, 6.45) is 0. The molecule has 0 aromatic carbocycles. The first-order valence-corrected chi connectivity index (χ1v) is 14.1. The van der Waals surface area contributed by atoms with Crippen molar-refractivity contribution in [2.24, 2.45) is 0 Å². The van der Waals surface area contributed by atoms with E-state index in [2.05, 4.69) is 0 Å². The van der Waals surface area contributed by atoms with Crippen LogP contribution in [0.25, 0.3) is 0 Å². The van der Waals surface area contributed by atoms with Crippen LogP contribution in [0.1, 0.15) is 1.43 Å². The number of halogens is 2.